The van der Waals surface area contributed by atoms with Crippen molar-refractivity contribution in [3.05, 3.63) is 11.1 Å². The molecule has 2 heteroatoms. The first-order valence-corrected chi connectivity index (χ1v) is 8.22. The molecule has 5 atom stereocenters. The maximum Gasteiger partial charge on any atom is 0.331 e. The number of carboxylic acids is 1. The molecule has 4 aliphatic rings. The molecule has 112 valence electrons. The molecule has 4 fully saturated rings. The number of carbonyl (C=O) groups is 1. The van der Waals surface area contributed by atoms with Gasteiger partial charge in [0.25, 0.3) is 0 Å². The van der Waals surface area contributed by atoms with Crippen molar-refractivity contribution in [2.24, 2.45) is 28.6 Å². The van der Waals surface area contributed by atoms with Crippen molar-refractivity contribution in [2.75, 3.05) is 0 Å². The van der Waals surface area contributed by atoms with Crippen molar-refractivity contribution >= 4 is 5.97 Å². The van der Waals surface area contributed by atoms with Crippen LogP contribution in [0.15, 0.2) is 11.1 Å². The first kappa shape index (κ1) is 14.2. The minimum Gasteiger partial charge on any atom is -0.478 e. The maximum absolute atomic E-state index is 11.5. The molecule has 0 aromatic carbocycles. The molecule has 0 aromatic rings. The van der Waals surface area contributed by atoms with E-state index in [1.165, 1.54) is 44.1 Å². The van der Waals surface area contributed by atoms with Gasteiger partial charge in [-0.1, -0.05) is 25.8 Å². The third-order valence-corrected chi connectivity index (χ3v) is 6.92. The van der Waals surface area contributed by atoms with E-state index in [0.29, 0.717) is 16.9 Å². The lowest BCUT2D eigenvalue weighted by atomic mass is 9.39. The highest BCUT2D eigenvalue weighted by molar-refractivity contribution is 5.87. The lowest BCUT2D eigenvalue weighted by Crippen LogP contribution is -2.56. The molecular formula is C18H28O2. The molecule has 0 spiro atoms. The van der Waals surface area contributed by atoms with Crippen LogP contribution in [0.4, 0.5) is 0 Å². The summed E-state index contributed by atoms with van der Waals surface area (Å²) in [5.74, 6) is 1.66. The Labute approximate surface area is 122 Å². The van der Waals surface area contributed by atoms with Crippen molar-refractivity contribution in [2.45, 2.75) is 66.2 Å². The second-order valence-corrected chi connectivity index (χ2v) is 8.19. The number of aliphatic carboxylic acids is 1. The van der Waals surface area contributed by atoms with Crippen LogP contribution in [0.25, 0.3) is 0 Å². The van der Waals surface area contributed by atoms with E-state index in [0.717, 1.165) is 11.8 Å². The third-order valence-electron chi connectivity index (χ3n) is 6.92. The topological polar surface area (TPSA) is 37.3 Å². The summed E-state index contributed by atoms with van der Waals surface area (Å²) < 4.78 is 0. The number of hydrogen-bond donors (Lipinski definition) is 1. The number of carboxylic acid groups (broad SMARTS) is 1. The van der Waals surface area contributed by atoms with Gasteiger partial charge in [-0.15, -0.1) is 0 Å². The van der Waals surface area contributed by atoms with E-state index in [1.54, 1.807) is 0 Å². The fourth-order valence-electron chi connectivity index (χ4n) is 6.52. The normalized spacial score (nSPS) is 47.3. The molecule has 1 N–H and O–H groups in total. The molecule has 0 aliphatic heterocycles. The van der Waals surface area contributed by atoms with E-state index in [4.69, 9.17) is 0 Å². The molecule has 2 nitrogen and oxygen atoms in total. The summed E-state index contributed by atoms with van der Waals surface area (Å²) in [4.78, 5) is 11.5. The van der Waals surface area contributed by atoms with Gasteiger partial charge in [0, 0.05) is 5.57 Å². The highest BCUT2D eigenvalue weighted by atomic mass is 16.4. The van der Waals surface area contributed by atoms with Gasteiger partial charge in [-0.25, -0.2) is 4.79 Å². The number of rotatable bonds is 3. The standard InChI is InChI=1S/C18H28O2/c1-5-15-14-6-13-7-17(4,9-14)10-18(15,8-13)12(3)11(2)16(19)20/h13-15H,5-10H2,1-4H3,(H,19,20). The van der Waals surface area contributed by atoms with Crippen LogP contribution in [0.5, 0.6) is 0 Å². The molecule has 0 amide bonds. The molecule has 4 saturated carbocycles. The zero-order chi connectivity index (χ0) is 14.7. The zero-order valence-electron chi connectivity index (χ0n) is 13.3. The fraction of sp³-hybridized carbons (Fsp3) is 0.833. The van der Waals surface area contributed by atoms with Crippen LogP contribution >= 0.6 is 0 Å². The zero-order valence-corrected chi connectivity index (χ0v) is 13.3. The Morgan fingerprint density at radius 3 is 2.50 bits per heavy atom. The van der Waals surface area contributed by atoms with E-state index in [-0.39, 0.29) is 5.41 Å². The first-order valence-electron chi connectivity index (χ1n) is 8.22. The molecule has 0 heterocycles. The molecule has 0 radical (unpaired) electrons. The predicted molar refractivity (Wildman–Crippen MR) is 80.4 cm³/mol. The molecule has 4 aliphatic carbocycles. The van der Waals surface area contributed by atoms with Gasteiger partial charge in [0.2, 0.25) is 0 Å². The maximum atomic E-state index is 11.5. The summed E-state index contributed by atoms with van der Waals surface area (Å²) in [5, 5.41) is 9.42. The first-order chi connectivity index (χ1) is 9.31. The molecule has 4 rings (SSSR count). The lowest BCUT2D eigenvalue weighted by molar-refractivity contribution is -0.137. The Balaban J connectivity index is 2.09. The highest BCUT2D eigenvalue weighted by Gasteiger charge is 2.60. The summed E-state index contributed by atoms with van der Waals surface area (Å²) in [6.45, 7) is 8.68. The minimum atomic E-state index is -0.724. The van der Waals surface area contributed by atoms with E-state index >= 15 is 0 Å². The smallest absolute Gasteiger partial charge is 0.331 e. The van der Waals surface area contributed by atoms with Gasteiger partial charge in [0.15, 0.2) is 0 Å². The predicted octanol–water partition coefficient (Wildman–Crippen LogP) is 4.65. The summed E-state index contributed by atoms with van der Waals surface area (Å²) in [6.07, 6.45) is 7.83. The van der Waals surface area contributed by atoms with Crippen molar-refractivity contribution < 1.29 is 9.90 Å². The largest absolute Gasteiger partial charge is 0.478 e. The summed E-state index contributed by atoms with van der Waals surface area (Å²) >= 11 is 0. The minimum absolute atomic E-state index is 0.191. The number of hydrogen-bond acceptors (Lipinski definition) is 1. The summed E-state index contributed by atoms with van der Waals surface area (Å²) in [5.41, 5.74) is 2.46. The second-order valence-electron chi connectivity index (χ2n) is 8.19. The molecule has 5 unspecified atom stereocenters. The number of allylic oxidation sites excluding steroid dienone is 1. The van der Waals surface area contributed by atoms with Gasteiger partial charge in [-0.2, -0.15) is 0 Å². The Kier molecular flexibility index (Phi) is 3.08. The Morgan fingerprint density at radius 1 is 1.25 bits per heavy atom. The molecular weight excluding hydrogens is 248 g/mol. The van der Waals surface area contributed by atoms with Gasteiger partial charge in [0.1, 0.15) is 0 Å². The molecule has 0 saturated heterocycles. The van der Waals surface area contributed by atoms with Crippen LogP contribution in [0.3, 0.4) is 0 Å². The molecule has 4 bridgehead atoms. The average molecular weight is 276 g/mol. The highest BCUT2D eigenvalue weighted by Crippen LogP contribution is 2.70. The van der Waals surface area contributed by atoms with Crippen LogP contribution in [-0.2, 0) is 4.79 Å². The van der Waals surface area contributed by atoms with Crippen LogP contribution in [0, 0.1) is 28.6 Å². The van der Waals surface area contributed by atoms with Crippen LogP contribution in [0.1, 0.15) is 66.2 Å². The monoisotopic (exact) mass is 276 g/mol. The van der Waals surface area contributed by atoms with Crippen LogP contribution in [0.2, 0.25) is 0 Å². The second kappa shape index (κ2) is 4.35. The van der Waals surface area contributed by atoms with Crippen LogP contribution < -0.4 is 0 Å². The van der Waals surface area contributed by atoms with Gasteiger partial charge in [-0.3, -0.25) is 0 Å². The van der Waals surface area contributed by atoms with Crippen molar-refractivity contribution in [1.29, 1.82) is 0 Å². The fourth-order valence-corrected chi connectivity index (χ4v) is 6.52. The van der Waals surface area contributed by atoms with E-state index in [2.05, 4.69) is 20.8 Å². The Hall–Kier alpha value is -0.790. The van der Waals surface area contributed by atoms with Gasteiger partial charge < -0.3 is 5.11 Å². The van der Waals surface area contributed by atoms with Gasteiger partial charge in [-0.05, 0) is 74.5 Å². The molecule has 0 aromatic heterocycles. The summed E-state index contributed by atoms with van der Waals surface area (Å²) in [7, 11) is 0. The molecule has 20 heavy (non-hydrogen) atoms. The summed E-state index contributed by atoms with van der Waals surface area (Å²) in [6, 6.07) is 0. The van der Waals surface area contributed by atoms with E-state index in [1.807, 2.05) is 6.92 Å². The Bertz CT molecular complexity index is 478. The SMILES string of the molecule is CCC1C2CC3CC(C)(C2)CC1(C(C)=C(C)C(=O)O)C3. The quantitative estimate of drug-likeness (QED) is 0.762. The average Bonchev–Trinajstić information content (AvgIpc) is 2.34. The van der Waals surface area contributed by atoms with Crippen molar-refractivity contribution in [3.8, 4) is 0 Å². The van der Waals surface area contributed by atoms with Gasteiger partial charge >= 0.3 is 5.97 Å². The van der Waals surface area contributed by atoms with Crippen molar-refractivity contribution in [1.82, 2.24) is 0 Å². The third kappa shape index (κ3) is 1.79. The van der Waals surface area contributed by atoms with E-state index in [9.17, 15) is 9.90 Å². The van der Waals surface area contributed by atoms with Crippen LogP contribution in [-0.4, -0.2) is 11.1 Å². The van der Waals surface area contributed by atoms with Gasteiger partial charge in [0.05, 0.1) is 0 Å². The van der Waals surface area contributed by atoms with Crippen molar-refractivity contribution in [3.63, 3.8) is 0 Å². The lowest BCUT2D eigenvalue weighted by Gasteiger charge is -2.66. The Morgan fingerprint density at radius 2 is 1.95 bits per heavy atom. The van der Waals surface area contributed by atoms with E-state index < -0.39 is 5.97 Å².